The highest BCUT2D eigenvalue weighted by Crippen LogP contribution is 2.29. The molecule has 100 valence electrons. The van der Waals surface area contributed by atoms with Gasteiger partial charge in [0.2, 0.25) is 0 Å². The van der Waals surface area contributed by atoms with Crippen LogP contribution in [0.15, 0.2) is 0 Å². The average molecular weight is 253 g/mol. The maximum atomic E-state index is 11.8. The monoisotopic (exact) mass is 253 g/mol. The molecule has 0 unspecified atom stereocenters. The van der Waals surface area contributed by atoms with Crippen LogP contribution in [0.4, 0.5) is 9.59 Å². The molecule has 3 amide bonds. The molecule has 3 rings (SSSR count). The Balaban J connectivity index is 1.46. The first-order valence-corrected chi connectivity index (χ1v) is 6.65. The minimum atomic E-state index is -0.200. The Kier molecular flexibility index (Phi) is 2.80. The summed E-state index contributed by atoms with van der Waals surface area (Å²) < 4.78 is 5.26. The van der Waals surface area contributed by atoms with Crippen LogP contribution in [0.3, 0.4) is 0 Å². The Morgan fingerprint density at radius 1 is 1.39 bits per heavy atom. The Morgan fingerprint density at radius 3 is 2.67 bits per heavy atom. The molecule has 0 radical (unpaired) electrons. The number of nitrogens with one attached hydrogen (secondary N) is 2. The quantitative estimate of drug-likeness (QED) is 0.760. The normalized spacial score (nSPS) is 25.8. The molecule has 6 heteroatoms. The summed E-state index contributed by atoms with van der Waals surface area (Å²) in [5, 5.41) is 5.75. The van der Waals surface area contributed by atoms with Gasteiger partial charge >= 0.3 is 12.1 Å². The molecule has 2 heterocycles. The zero-order valence-electron chi connectivity index (χ0n) is 10.4. The highest BCUT2D eigenvalue weighted by atomic mass is 16.6. The third kappa shape index (κ3) is 2.37. The number of ether oxygens (including phenoxy) is 1. The number of rotatable bonds is 2. The number of likely N-dealkylation sites (tertiary alicyclic amines) is 1. The molecule has 1 aliphatic carbocycles. The van der Waals surface area contributed by atoms with Gasteiger partial charge in [0.05, 0.1) is 12.1 Å². The predicted molar refractivity (Wildman–Crippen MR) is 64.1 cm³/mol. The third-order valence-electron chi connectivity index (χ3n) is 4.08. The van der Waals surface area contributed by atoms with Crippen molar-refractivity contribution in [2.45, 2.75) is 31.2 Å². The van der Waals surface area contributed by atoms with Crippen LogP contribution in [0.2, 0.25) is 0 Å². The first-order chi connectivity index (χ1) is 8.67. The van der Waals surface area contributed by atoms with E-state index in [9.17, 15) is 9.59 Å². The van der Waals surface area contributed by atoms with Crippen LogP contribution < -0.4 is 10.6 Å². The van der Waals surface area contributed by atoms with Crippen molar-refractivity contribution < 1.29 is 14.3 Å². The van der Waals surface area contributed by atoms with Gasteiger partial charge in [-0.25, -0.2) is 9.59 Å². The second-order valence-electron chi connectivity index (χ2n) is 5.60. The van der Waals surface area contributed by atoms with E-state index in [2.05, 4.69) is 10.6 Å². The van der Waals surface area contributed by atoms with Crippen molar-refractivity contribution >= 4 is 12.1 Å². The van der Waals surface area contributed by atoms with Gasteiger partial charge in [0.15, 0.2) is 0 Å². The van der Waals surface area contributed by atoms with Crippen molar-refractivity contribution in [3.05, 3.63) is 0 Å². The van der Waals surface area contributed by atoms with Crippen LogP contribution in [0.5, 0.6) is 0 Å². The molecule has 2 saturated heterocycles. The minimum absolute atomic E-state index is 0.0974. The van der Waals surface area contributed by atoms with E-state index in [0.29, 0.717) is 32.2 Å². The first kappa shape index (κ1) is 11.6. The summed E-state index contributed by atoms with van der Waals surface area (Å²) in [5.41, 5.74) is -0.148. The molecular weight excluding hydrogens is 234 g/mol. The van der Waals surface area contributed by atoms with Crippen LogP contribution in [0, 0.1) is 5.92 Å². The third-order valence-corrected chi connectivity index (χ3v) is 4.08. The highest BCUT2D eigenvalue weighted by Gasteiger charge is 2.41. The zero-order chi connectivity index (χ0) is 12.6. The summed E-state index contributed by atoms with van der Waals surface area (Å²) in [5.74, 6) is 0.600. The number of hydrogen-bond donors (Lipinski definition) is 2. The van der Waals surface area contributed by atoms with Crippen LogP contribution in [0.1, 0.15) is 25.7 Å². The number of amides is 3. The van der Waals surface area contributed by atoms with Gasteiger partial charge in [-0.15, -0.1) is 0 Å². The van der Waals surface area contributed by atoms with E-state index in [1.165, 1.54) is 12.8 Å². The molecule has 0 atom stereocenters. The fraction of sp³-hybridized carbons (Fsp3) is 0.833. The van der Waals surface area contributed by atoms with Gasteiger partial charge in [0.1, 0.15) is 0 Å². The minimum Gasteiger partial charge on any atom is -0.449 e. The van der Waals surface area contributed by atoms with Crippen molar-refractivity contribution in [1.82, 2.24) is 15.5 Å². The lowest BCUT2D eigenvalue weighted by Gasteiger charge is -2.37. The number of piperidine rings is 1. The summed E-state index contributed by atoms with van der Waals surface area (Å²) in [4.78, 5) is 24.7. The van der Waals surface area contributed by atoms with Crippen molar-refractivity contribution in [1.29, 1.82) is 0 Å². The average Bonchev–Trinajstić information content (AvgIpc) is 3.13. The molecule has 0 aromatic carbocycles. The number of carbonyl (C=O) groups is 2. The van der Waals surface area contributed by atoms with E-state index in [1.807, 2.05) is 0 Å². The second kappa shape index (κ2) is 4.33. The Morgan fingerprint density at radius 2 is 2.11 bits per heavy atom. The van der Waals surface area contributed by atoms with E-state index in [-0.39, 0.29) is 17.7 Å². The number of hydrogen-bond acceptors (Lipinski definition) is 3. The van der Waals surface area contributed by atoms with Gasteiger partial charge in [-0.3, -0.25) is 0 Å². The van der Waals surface area contributed by atoms with Crippen LogP contribution in [-0.4, -0.2) is 48.8 Å². The largest absolute Gasteiger partial charge is 0.449 e. The summed E-state index contributed by atoms with van der Waals surface area (Å²) in [6.45, 7) is 2.55. The summed E-state index contributed by atoms with van der Waals surface area (Å²) in [7, 11) is 0. The Labute approximate surface area is 106 Å². The van der Waals surface area contributed by atoms with Crippen LogP contribution in [-0.2, 0) is 4.74 Å². The molecule has 1 spiro atoms. The van der Waals surface area contributed by atoms with Crippen molar-refractivity contribution in [3.8, 4) is 0 Å². The summed E-state index contributed by atoms with van der Waals surface area (Å²) >= 11 is 0. The standard InChI is InChI=1S/C12H19N3O3/c16-10-13-8-12(14-10)3-5-15(6-4-12)11(17)18-7-9-1-2-9/h9H,1-8H2,(H2,13,14,16). The molecule has 0 aromatic heterocycles. The number of carbonyl (C=O) groups excluding carboxylic acids is 2. The molecule has 1 saturated carbocycles. The topological polar surface area (TPSA) is 70.7 Å². The van der Waals surface area contributed by atoms with Crippen molar-refractivity contribution in [2.75, 3.05) is 26.2 Å². The lowest BCUT2D eigenvalue weighted by molar-refractivity contribution is 0.0794. The SMILES string of the molecule is O=C1NCC2(CCN(C(=O)OCC3CC3)CC2)N1. The summed E-state index contributed by atoms with van der Waals surface area (Å²) in [6, 6.07) is -0.0974. The van der Waals surface area contributed by atoms with Gasteiger partial charge in [0, 0.05) is 19.6 Å². The molecule has 3 fully saturated rings. The molecule has 18 heavy (non-hydrogen) atoms. The van der Waals surface area contributed by atoms with E-state index in [4.69, 9.17) is 4.74 Å². The second-order valence-corrected chi connectivity index (χ2v) is 5.60. The number of nitrogens with zero attached hydrogens (tertiary/aromatic N) is 1. The Bertz CT molecular complexity index is 360. The molecule has 0 bridgehead atoms. The fourth-order valence-corrected chi connectivity index (χ4v) is 2.56. The van der Waals surface area contributed by atoms with Gasteiger partial charge < -0.3 is 20.3 Å². The lowest BCUT2D eigenvalue weighted by Crippen LogP contribution is -2.53. The molecule has 2 aliphatic heterocycles. The molecule has 0 aromatic rings. The van der Waals surface area contributed by atoms with E-state index in [0.717, 1.165) is 12.8 Å². The van der Waals surface area contributed by atoms with Crippen molar-refractivity contribution in [2.24, 2.45) is 5.92 Å². The van der Waals surface area contributed by atoms with Gasteiger partial charge in [-0.2, -0.15) is 0 Å². The highest BCUT2D eigenvalue weighted by molar-refractivity contribution is 5.77. The van der Waals surface area contributed by atoms with Gasteiger partial charge in [-0.05, 0) is 31.6 Å². The fourth-order valence-electron chi connectivity index (χ4n) is 2.56. The number of urea groups is 1. The molecule has 2 N–H and O–H groups in total. The zero-order valence-corrected chi connectivity index (χ0v) is 10.4. The predicted octanol–water partition coefficient (Wildman–Crippen LogP) is 0.680. The molecular formula is C12H19N3O3. The maximum Gasteiger partial charge on any atom is 0.409 e. The Hall–Kier alpha value is -1.46. The summed E-state index contributed by atoms with van der Waals surface area (Å²) in [6.07, 6.45) is 3.77. The van der Waals surface area contributed by atoms with Crippen LogP contribution >= 0.6 is 0 Å². The van der Waals surface area contributed by atoms with Crippen molar-refractivity contribution in [3.63, 3.8) is 0 Å². The molecule has 6 nitrogen and oxygen atoms in total. The van der Waals surface area contributed by atoms with E-state index >= 15 is 0 Å². The van der Waals surface area contributed by atoms with E-state index in [1.54, 1.807) is 4.90 Å². The lowest BCUT2D eigenvalue weighted by atomic mass is 9.89. The first-order valence-electron chi connectivity index (χ1n) is 6.65. The van der Waals surface area contributed by atoms with Gasteiger partial charge in [0.25, 0.3) is 0 Å². The molecule has 3 aliphatic rings. The smallest absolute Gasteiger partial charge is 0.409 e. The van der Waals surface area contributed by atoms with E-state index < -0.39 is 0 Å². The maximum absolute atomic E-state index is 11.8. The van der Waals surface area contributed by atoms with Crippen LogP contribution in [0.25, 0.3) is 0 Å². The van der Waals surface area contributed by atoms with Gasteiger partial charge in [-0.1, -0.05) is 0 Å².